The van der Waals surface area contributed by atoms with Gasteiger partial charge in [-0.2, -0.15) is 0 Å². The summed E-state index contributed by atoms with van der Waals surface area (Å²) in [6, 6.07) is 15.9. The lowest BCUT2D eigenvalue weighted by molar-refractivity contribution is -0.134. The van der Waals surface area contributed by atoms with Crippen LogP contribution >= 0.6 is 0 Å². The maximum absolute atomic E-state index is 13.3. The molecule has 0 saturated carbocycles. The largest absolute Gasteiger partial charge is 0.478 e. The Hall–Kier alpha value is -2.99. The molecule has 3 rings (SSSR count). The summed E-state index contributed by atoms with van der Waals surface area (Å²) in [5.41, 5.74) is 4.14. The Kier molecular flexibility index (Phi) is 8.74. The monoisotopic (exact) mass is 413 g/mol. The second-order valence-electron chi connectivity index (χ2n) is 7.63. The van der Waals surface area contributed by atoms with Gasteiger partial charge in [0.05, 0.1) is 0 Å². The second-order valence-corrected chi connectivity index (χ2v) is 7.63. The van der Waals surface area contributed by atoms with Crippen LogP contribution in [0.1, 0.15) is 35.4 Å². The van der Waals surface area contributed by atoms with Crippen LogP contribution in [0.15, 0.2) is 60.7 Å². The molecule has 2 aromatic carbocycles. The summed E-state index contributed by atoms with van der Waals surface area (Å²) in [7, 11) is 4.26. The van der Waals surface area contributed by atoms with Gasteiger partial charge in [0.15, 0.2) is 0 Å². The number of fused-ring (bicyclic) bond motifs is 1. The molecule has 30 heavy (non-hydrogen) atoms. The molecule has 0 saturated heterocycles. The number of nitrogens with zero attached hydrogens (tertiary/aromatic N) is 1. The topological polar surface area (TPSA) is 77.8 Å². The Bertz CT molecular complexity index is 861. The Morgan fingerprint density at radius 3 is 2.20 bits per heavy atom. The van der Waals surface area contributed by atoms with E-state index in [9.17, 15) is 14.0 Å². The molecule has 2 aromatic rings. The van der Waals surface area contributed by atoms with Crippen LogP contribution in [0.4, 0.5) is 4.39 Å². The molecule has 1 aliphatic carbocycles. The number of aliphatic carboxylic acids is 2. The highest BCUT2D eigenvalue weighted by Crippen LogP contribution is 2.42. The molecule has 2 unspecified atom stereocenters. The van der Waals surface area contributed by atoms with Gasteiger partial charge >= 0.3 is 11.9 Å². The van der Waals surface area contributed by atoms with Gasteiger partial charge < -0.3 is 15.1 Å². The van der Waals surface area contributed by atoms with Gasteiger partial charge in [-0.3, -0.25) is 0 Å². The first-order chi connectivity index (χ1) is 14.3. The van der Waals surface area contributed by atoms with Crippen molar-refractivity contribution in [3.8, 4) is 0 Å². The van der Waals surface area contributed by atoms with Gasteiger partial charge in [-0.15, -0.1) is 0 Å². The molecule has 0 heterocycles. The molecule has 0 aromatic heterocycles. The minimum absolute atomic E-state index is 0.155. The van der Waals surface area contributed by atoms with E-state index < -0.39 is 11.9 Å². The zero-order chi connectivity index (χ0) is 22.1. The van der Waals surface area contributed by atoms with Crippen LogP contribution in [0, 0.1) is 11.7 Å². The highest BCUT2D eigenvalue weighted by Gasteiger charge is 2.30. The van der Waals surface area contributed by atoms with Crippen molar-refractivity contribution in [2.45, 2.75) is 25.2 Å². The Morgan fingerprint density at radius 2 is 1.63 bits per heavy atom. The molecule has 2 N–H and O–H groups in total. The highest BCUT2D eigenvalue weighted by molar-refractivity contribution is 5.89. The smallest absolute Gasteiger partial charge is 0.328 e. The summed E-state index contributed by atoms with van der Waals surface area (Å²) in [5, 5.41) is 15.6. The number of carboxylic acid groups (broad SMARTS) is 2. The summed E-state index contributed by atoms with van der Waals surface area (Å²) in [5.74, 6) is -1.65. The molecule has 1 aliphatic rings. The first-order valence-corrected chi connectivity index (χ1v) is 9.90. The van der Waals surface area contributed by atoms with Crippen LogP contribution < -0.4 is 0 Å². The lowest BCUT2D eigenvalue weighted by atomic mass is 9.70. The number of benzene rings is 2. The summed E-state index contributed by atoms with van der Waals surface area (Å²) in [6.07, 6.45) is 4.67. The van der Waals surface area contributed by atoms with Crippen molar-refractivity contribution in [3.05, 3.63) is 83.2 Å². The van der Waals surface area contributed by atoms with Crippen LogP contribution in [-0.2, 0) is 16.0 Å². The van der Waals surface area contributed by atoms with Crippen molar-refractivity contribution in [2.75, 3.05) is 20.6 Å². The summed E-state index contributed by atoms with van der Waals surface area (Å²) >= 11 is 0. The van der Waals surface area contributed by atoms with E-state index in [1.54, 1.807) is 12.1 Å². The third kappa shape index (κ3) is 7.12. The molecule has 160 valence electrons. The number of halogens is 1. The first kappa shape index (κ1) is 23.3. The standard InChI is InChI=1S/C20H24FN.C4H4O4/c1-22(2)14-13-17-8-7-15-5-3-4-6-19(15)20(17)16-9-11-18(21)12-10-16;5-3(6)1-2-4(7)8/h3-6,9-12,17,20H,7-8,13-14H2,1-2H3;1-2H,(H,5,6)(H,7,8)/b;2-1-. The third-order valence-electron chi connectivity index (χ3n) is 5.19. The van der Waals surface area contributed by atoms with Crippen LogP contribution in [0.25, 0.3) is 0 Å². The number of hydrogen-bond acceptors (Lipinski definition) is 3. The fourth-order valence-electron chi connectivity index (χ4n) is 3.83. The van der Waals surface area contributed by atoms with Gasteiger partial charge in [-0.1, -0.05) is 36.4 Å². The maximum atomic E-state index is 13.3. The van der Waals surface area contributed by atoms with Gasteiger partial charge in [0.2, 0.25) is 0 Å². The van der Waals surface area contributed by atoms with Crippen LogP contribution in [-0.4, -0.2) is 47.7 Å². The summed E-state index contributed by atoms with van der Waals surface area (Å²) in [6.45, 7) is 1.10. The lowest BCUT2D eigenvalue weighted by Gasteiger charge is -2.35. The molecule has 5 nitrogen and oxygen atoms in total. The van der Waals surface area contributed by atoms with Crippen molar-refractivity contribution in [3.63, 3.8) is 0 Å². The Morgan fingerprint density at radius 1 is 1.03 bits per heavy atom. The van der Waals surface area contributed by atoms with E-state index in [0.29, 0.717) is 24.0 Å². The van der Waals surface area contributed by atoms with Crippen molar-refractivity contribution < 1.29 is 24.2 Å². The van der Waals surface area contributed by atoms with E-state index in [1.807, 2.05) is 12.1 Å². The van der Waals surface area contributed by atoms with Gasteiger partial charge in [-0.05, 0) is 74.6 Å². The second kappa shape index (κ2) is 11.3. The van der Waals surface area contributed by atoms with E-state index in [4.69, 9.17) is 10.2 Å². The van der Waals surface area contributed by atoms with E-state index in [0.717, 1.165) is 13.0 Å². The van der Waals surface area contributed by atoms with E-state index in [-0.39, 0.29) is 5.82 Å². The molecule has 2 atom stereocenters. The summed E-state index contributed by atoms with van der Waals surface area (Å²) in [4.78, 5) is 21.4. The predicted octanol–water partition coefficient (Wildman–Crippen LogP) is 4.18. The lowest BCUT2D eigenvalue weighted by Crippen LogP contribution is -2.25. The zero-order valence-corrected chi connectivity index (χ0v) is 17.3. The molecule has 0 amide bonds. The number of rotatable bonds is 6. The van der Waals surface area contributed by atoms with Crippen molar-refractivity contribution >= 4 is 11.9 Å². The van der Waals surface area contributed by atoms with Gasteiger partial charge in [0, 0.05) is 18.1 Å². The van der Waals surface area contributed by atoms with Crippen molar-refractivity contribution in [1.82, 2.24) is 4.90 Å². The number of hydrogen-bond donors (Lipinski definition) is 2. The van der Waals surface area contributed by atoms with E-state index in [2.05, 4.69) is 43.3 Å². The number of carbonyl (C=O) groups is 2. The van der Waals surface area contributed by atoms with Crippen LogP contribution in [0.2, 0.25) is 0 Å². The Balaban J connectivity index is 0.000000343. The quantitative estimate of drug-likeness (QED) is 0.695. The molecule has 0 bridgehead atoms. The molecular formula is C24H28FNO4. The molecule has 0 aliphatic heterocycles. The zero-order valence-electron chi connectivity index (χ0n) is 17.3. The summed E-state index contributed by atoms with van der Waals surface area (Å²) < 4.78 is 13.3. The average molecular weight is 413 g/mol. The van der Waals surface area contributed by atoms with Gasteiger partial charge in [0.1, 0.15) is 5.82 Å². The minimum Gasteiger partial charge on any atom is -0.478 e. The third-order valence-corrected chi connectivity index (χ3v) is 5.19. The normalized spacial score (nSPS) is 17.9. The maximum Gasteiger partial charge on any atom is 0.328 e. The minimum atomic E-state index is -1.26. The van der Waals surface area contributed by atoms with Crippen molar-refractivity contribution in [1.29, 1.82) is 0 Å². The first-order valence-electron chi connectivity index (χ1n) is 9.90. The molecular weight excluding hydrogens is 385 g/mol. The van der Waals surface area contributed by atoms with Crippen LogP contribution in [0.3, 0.4) is 0 Å². The van der Waals surface area contributed by atoms with Crippen molar-refractivity contribution in [2.24, 2.45) is 5.92 Å². The fraction of sp³-hybridized carbons (Fsp3) is 0.333. The molecule has 0 radical (unpaired) electrons. The van der Waals surface area contributed by atoms with E-state index in [1.165, 1.54) is 29.5 Å². The average Bonchev–Trinajstić information content (AvgIpc) is 2.71. The Labute approximate surface area is 176 Å². The van der Waals surface area contributed by atoms with Crippen LogP contribution in [0.5, 0.6) is 0 Å². The van der Waals surface area contributed by atoms with Gasteiger partial charge in [0.25, 0.3) is 0 Å². The predicted molar refractivity (Wildman–Crippen MR) is 114 cm³/mol. The highest BCUT2D eigenvalue weighted by atomic mass is 19.1. The van der Waals surface area contributed by atoms with Gasteiger partial charge in [-0.25, -0.2) is 14.0 Å². The molecule has 0 spiro atoms. The fourth-order valence-corrected chi connectivity index (χ4v) is 3.83. The molecule has 6 heteroatoms. The number of carboxylic acids is 2. The van der Waals surface area contributed by atoms with E-state index >= 15 is 0 Å². The number of aryl methyl sites for hydroxylation is 1. The SMILES string of the molecule is CN(C)CCC1CCc2ccccc2C1c1ccc(F)cc1.O=C(O)/C=C\C(=O)O. The molecule has 0 fully saturated rings.